The summed E-state index contributed by atoms with van der Waals surface area (Å²) in [5.41, 5.74) is 2.62. The van der Waals surface area contributed by atoms with Gasteiger partial charge >= 0.3 is 0 Å². The average Bonchev–Trinajstić information content (AvgIpc) is 3.24. The molecule has 0 radical (unpaired) electrons. The first-order valence-corrected chi connectivity index (χ1v) is 9.16. The zero-order chi connectivity index (χ0) is 15.6. The first-order chi connectivity index (χ1) is 11.3. The molecule has 2 aromatic heterocycles. The second kappa shape index (κ2) is 6.42. The van der Waals surface area contributed by atoms with Gasteiger partial charge < -0.3 is 4.90 Å². The first kappa shape index (κ1) is 14.8. The van der Waals surface area contributed by atoms with E-state index in [0.717, 1.165) is 38.9 Å². The number of carbonyl (C=O) groups excluding carboxylic acids is 1. The van der Waals surface area contributed by atoms with Crippen LogP contribution in [0.1, 0.15) is 34.9 Å². The van der Waals surface area contributed by atoms with E-state index in [1.165, 1.54) is 16.0 Å². The SMILES string of the molecule is O=C(CN1CCc2sccc2C1)N1CCCC1c1ccncc1. The largest absolute Gasteiger partial charge is 0.335 e. The Morgan fingerprint density at radius 3 is 3.00 bits per heavy atom. The Kier molecular flexibility index (Phi) is 4.14. The maximum absolute atomic E-state index is 12.8. The third kappa shape index (κ3) is 3.03. The molecule has 0 spiro atoms. The smallest absolute Gasteiger partial charge is 0.237 e. The second-order valence-electron chi connectivity index (χ2n) is 6.36. The highest BCUT2D eigenvalue weighted by Crippen LogP contribution is 2.32. The van der Waals surface area contributed by atoms with Crippen LogP contribution in [0.25, 0.3) is 0 Å². The summed E-state index contributed by atoms with van der Waals surface area (Å²) in [6, 6.07) is 6.50. The van der Waals surface area contributed by atoms with Crippen molar-refractivity contribution in [1.29, 1.82) is 0 Å². The number of carbonyl (C=O) groups is 1. The van der Waals surface area contributed by atoms with Crippen LogP contribution in [-0.4, -0.2) is 40.3 Å². The minimum Gasteiger partial charge on any atom is -0.335 e. The van der Waals surface area contributed by atoms with Crippen molar-refractivity contribution in [2.45, 2.75) is 31.8 Å². The maximum Gasteiger partial charge on any atom is 0.237 e. The number of hydrogen-bond acceptors (Lipinski definition) is 4. The van der Waals surface area contributed by atoms with E-state index in [1.807, 2.05) is 35.9 Å². The van der Waals surface area contributed by atoms with Crippen LogP contribution >= 0.6 is 11.3 Å². The van der Waals surface area contributed by atoms with Gasteiger partial charge in [0.2, 0.25) is 5.91 Å². The molecule has 0 bridgehead atoms. The molecule has 4 nitrogen and oxygen atoms in total. The van der Waals surface area contributed by atoms with Gasteiger partial charge in [-0.2, -0.15) is 0 Å². The molecule has 0 aromatic carbocycles. The Morgan fingerprint density at radius 1 is 1.26 bits per heavy atom. The molecular formula is C18H21N3OS. The molecule has 1 atom stereocenters. The molecule has 1 unspecified atom stereocenters. The average molecular weight is 327 g/mol. The minimum absolute atomic E-state index is 0.229. The van der Waals surface area contributed by atoms with Crippen molar-refractivity contribution in [2.75, 3.05) is 19.6 Å². The Balaban J connectivity index is 1.43. The van der Waals surface area contributed by atoms with Crippen LogP contribution in [0.15, 0.2) is 36.0 Å². The van der Waals surface area contributed by atoms with Gasteiger partial charge in [0.05, 0.1) is 12.6 Å². The lowest BCUT2D eigenvalue weighted by molar-refractivity contribution is -0.133. The summed E-state index contributed by atoms with van der Waals surface area (Å²) in [5.74, 6) is 0.267. The Morgan fingerprint density at radius 2 is 2.13 bits per heavy atom. The third-order valence-corrected chi connectivity index (χ3v) is 5.93. The van der Waals surface area contributed by atoms with E-state index in [2.05, 4.69) is 26.2 Å². The zero-order valence-corrected chi connectivity index (χ0v) is 14.0. The van der Waals surface area contributed by atoms with Gasteiger partial charge in [0, 0.05) is 36.9 Å². The molecule has 0 N–H and O–H groups in total. The van der Waals surface area contributed by atoms with Gasteiger partial charge in [-0.15, -0.1) is 11.3 Å². The van der Waals surface area contributed by atoms with Crippen molar-refractivity contribution < 1.29 is 4.79 Å². The molecule has 1 saturated heterocycles. The summed E-state index contributed by atoms with van der Waals surface area (Å²) in [6.45, 7) is 3.32. The number of nitrogens with zero attached hydrogens (tertiary/aromatic N) is 3. The summed E-state index contributed by atoms with van der Waals surface area (Å²) in [5, 5.41) is 2.16. The number of hydrogen-bond donors (Lipinski definition) is 0. The molecule has 0 aliphatic carbocycles. The highest BCUT2D eigenvalue weighted by atomic mass is 32.1. The summed E-state index contributed by atoms with van der Waals surface area (Å²) in [7, 11) is 0. The molecule has 0 saturated carbocycles. The molecule has 4 rings (SSSR count). The second-order valence-corrected chi connectivity index (χ2v) is 7.36. The zero-order valence-electron chi connectivity index (χ0n) is 13.1. The fourth-order valence-corrected chi connectivity index (χ4v) is 4.61. The molecular weight excluding hydrogens is 306 g/mol. The predicted molar refractivity (Wildman–Crippen MR) is 91.2 cm³/mol. The Hall–Kier alpha value is -1.72. The van der Waals surface area contributed by atoms with Crippen molar-refractivity contribution in [3.8, 4) is 0 Å². The number of rotatable bonds is 3. The van der Waals surface area contributed by atoms with Crippen LogP contribution in [0, 0.1) is 0 Å². The molecule has 2 aliphatic rings. The highest BCUT2D eigenvalue weighted by Gasteiger charge is 2.31. The van der Waals surface area contributed by atoms with E-state index in [1.54, 1.807) is 0 Å². The first-order valence-electron chi connectivity index (χ1n) is 8.28. The minimum atomic E-state index is 0.229. The summed E-state index contributed by atoms with van der Waals surface area (Å²) < 4.78 is 0. The highest BCUT2D eigenvalue weighted by molar-refractivity contribution is 7.10. The van der Waals surface area contributed by atoms with E-state index in [-0.39, 0.29) is 11.9 Å². The monoisotopic (exact) mass is 327 g/mol. The molecule has 120 valence electrons. The van der Waals surface area contributed by atoms with E-state index in [9.17, 15) is 4.79 Å². The van der Waals surface area contributed by atoms with Gasteiger partial charge in [-0.25, -0.2) is 0 Å². The predicted octanol–water partition coefficient (Wildman–Crippen LogP) is 2.86. The van der Waals surface area contributed by atoms with Crippen LogP contribution in [0.4, 0.5) is 0 Å². The number of fused-ring (bicyclic) bond motifs is 1. The van der Waals surface area contributed by atoms with Crippen LogP contribution in [0.3, 0.4) is 0 Å². The molecule has 1 amide bonds. The van der Waals surface area contributed by atoms with Crippen molar-refractivity contribution in [3.63, 3.8) is 0 Å². The standard InChI is InChI=1S/C18H21N3OS/c22-18(13-20-10-5-17-15(12-20)6-11-23-17)21-9-1-2-16(21)14-3-7-19-8-4-14/h3-4,6-8,11,16H,1-2,5,9-10,12-13H2. The lowest BCUT2D eigenvalue weighted by Gasteiger charge is -2.30. The van der Waals surface area contributed by atoms with E-state index in [4.69, 9.17) is 0 Å². The maximum atomic E-state index is 12.8. The quantitative estimate of drug-likeness (QED) is 0.870. The lowest BCUT2D eigenvalue weighted by atomic mass is 10.1. The number of pyridine rings is 1. The van der Waals surface area contributed by atoms with Gasteiger partial charge in [-0.05, 0) is 54.0 Å². The van der Waals surface area contributed by atoms with Crippen molar-refractivity contribution in [3.05, 3.63) is 52.0 Å². The number of thiophene rings is 1. The summed E-state index contributed by atoms with van der Waals surface area (Å²) in [6.07, 6.45) is 6.87. The molecule has 2 aromatic rings. The number of likely N-dealkylation sites (tertiary alicyclic amines) is 1. The van der Waals surface area contributed by atoms with Gasteiger partial charge in [0.15, 0.2) is 0 Å². The van der Waals surface area contributed by atoms with Crippen molar-refractivity contribution >= 4 is 17.2 Å². The fourth-order valence-electron chi connectivity index (χ4n) is 3.72. The number of aromatic nitrogens is 1. The fraction of sp³-hybridized carbons (Fsp3) is 0.444. The van der Waals surface area contributed by atoms with Crippen molar-refractivity contribution in [1.82, 2.24) is 14.8 Å². The van der Waals surface area contributed by atoms with Crippen molar-refractivity contribution in [2.24, 2.45) is 0 Å². The van der Waals surface area contributed by atoms with Crippen LogP contribution in [0.2, 0.25) is 0 Å². The normalized spacial score (nSPS) is 21.4. The molecule has 23 heavy (non-hydrogen) atoms. The van der Waals surface area contributed by atoms with E-state index >= 15 is 0 Å². The Labute approximate surface area is 140 Å². The molecule has 1 fully saturated rings. The van der Waals surface area contributed by atoms with Crippen LogP contribution in [-0.2, 0) is 17.8 Å². The van der Waals surface area contributed by atoms with Crippen LogP contribution < -0.4 is 0 Å². The van der Waals surface area contributed by atoms with E-state index in [0.29, 0.717) is 6.54 Å². The van der Waals surface area contributed by atoms with Gasteiger partial charge in [-0.1, -0.05) is 0 Å². The van der Waals surface area contributed by atoms with Gasteiger partial charge in [-0.3, -0.25) is 14.7 Å². The van der Waals surface area contributed by atoms with Gasteiger partial charge in [0.25, 0.3) is 0 Å². The lowest BCUT2D eigenvalue weighted by Crippen LogP contribution is -2.41. The van der Waals surface area contributed by atoms with Crippen LogP contribution in [0.5, 0.6) is 0 Å². The molecule has 5 heteroatoms. The van der Waals surface area contributed by atoms with E-state index < -0.39 is 0 Å². The van der Waals surface area contributed by atoms with Gasteiger partial charge in [0.1, 0.15) is 0 Å². The summed E-state index contributed by atoms with van der Waals surface area (Å²) >= 11 is 1.84. The Bertz CT molecular complexity index is 685. The number of amides is 1. The summed E-state index contributed by atoms with van der Waals surface area (Å²) in [4.78, 5) is 22.8. The molecule has 2 aliphatic heterocycles. The topological polar surface area (TPSA) is 36.4 Å². The third-order valence-electron chi connectivity index (χ3n) is 4.91. The molecule has 4 heterocycles.